The second-order valence-electron chi connectivity index (χ2n) is 2.88. The molecule has 0 saturated heterocycles. The Kier molecular flexibility index (Phi) is 2.39. The summed E-state index contributed by atoms with van der Waals surface area (Å²) in [4.78, 5) is 0. The summed E-state index contributed by atoms with van der Waals surface area (Å²) in [6.45, 7) is 1.97. The van der Waals surface area contributed by atoms with Gasteiger partial charge in [-0.25, -0.2) is 4.39 Å². The minimum Gasteiger partial charge on any atom is -0.207 e. The van der Waals surface area contributed by atoms with Crippen molar-refractivity contribution < 1.29 is 4.39 Å². The van der Waals surface area contributed by atoms with E-state index in [0.717, 1.165) is 26.5 Å². The van der Waals surface area contributed by atoms with Gasteiger partial charge in [0.2, 0.25) is 0 Å². The third kappa shape index (κ3) is 1.51. The molecule has 0 N–H and O–H groups in total. The van der Waals surface area contributed by atoms with E-state index >= 15 is 0 Å². The Morgan fingerprint density at radius 3 is 2.92 bits per heavy atom. The highest BCUT2D eigenvalue weighted by atomic mass is 79.9. The molecule has 3 heteroatoms. The van der Waals surface area contributed by atoms with Crippen LogP contribution in [-0.2, 0) is 6.42 Å². The monoisotopic (exact) mass is 258 g/mol. The molecule has 0 aliphatic carbocycles. The van der Waals surface area contributed by atoms with Gasteiger partial charge in [0.05, 0.1) is 0 Å². The molecule has 0 saturated carbocycles. The Balaban J connectivity index is 2.76. The zero-order chi connectivity index (χ0) is 9.42. The Hall–Kier alpha value is -0.410. The van der Waals surface area contributed by atoms with Crippen LogP contribution in [0.15, 0.2) is 22.0 Å². The molecule has 1 heterocycles. The van der Waals surface area contributed by atoms with Crippen LogP contribution in [0.4, 0.5) is 4.39 Å². The maximum absolute atomic E-state index is 13.4. The number of fused-ring (bicyclic) bond motifs is 1. The van der Waals surface area contributed by atoms with Crippen LogP contribution in [0.2, 0.25) is 0 Å². The highest BCUT2D eigenvalue weighted by molar-refractivity contribution is 9.10. The summed E-state index contributed by atoms with van der Waals surface area (Å²) in [5.41, 5.74) is 0.793. The van der Waals surface area contributed by atoms with Crippen molar-refractivity contribution in [2.24, 2.45) is 0 Å². The second kappa shape index (κ2) is 3.39. The second-order valence-corrected chi connectivity index (χ2v) is 4.64. The zero-order valence-electron chi connectivity index (χ0n) is 7.10. The van der Waals surface area contributed by atoms with Gasteiger partial charge in [0.25, 0.3) is 0 Å². The molecule has 0 fully saturated rings. The minimum atomic E-state index is -0.103. The van der Waals surface area contributed by atoms with Crippen molar-refractivity contribution in [2.75, 3.05) is 0 Å². The van der Waals surface area contributed by atoms with Crippen molar-refractivity contribution in [3.8, 4) is 0 Å². The molecule has 0 aliphatic heterocycles. The van der Waals surface area contributed by atoms with Gasteiger partial charge in [-0.15, -0.1) is 11.3 Å². The van der Waals surface area contributed by atoms with E-state index in [4.69, 9.17) is 0 Å². The fourth-order valence-corrected chi connectivity index (χ4v) is 2.93. The number of hydrogen-bond donors (Lipinski definition) is 0. The van der Waals surface area contributed by atoms with Gasteiger partial charge in [0, 0.05) is 19.9 Å². The van der Waals surface area contributed by atoms with Crippen LogP contribution in [0.1, 0.15) is 12.5 Å². The van der Waals surface area contributed by atoms with Crippen LogP contribution in [-0.4, -0.2) is 0 Å². The third-order valence-electron chi connectivity index (χ3n) is 2.08. The number of halogens is 2. The van der Waals surface area contributed by atoms with E-state index in [9.17, 15) is 4.39 Å². The molecule has 0 amide bonds. The van der Waals surface area contributed by atoms with Gasteiger partial charge in [0.1, 0.15) is 5.82 Å². The Bertz CT molecular complexity index is 447. The summed E-state index contributed by atoms with van der Waals surface area (Å²) < 4.78 is 15.5. The van der Waals surface area contributed by atoms with Crippen LogP contribution in [0.3, 0.4) is 0 Å². The molecule has 68 valence electrons. The predicted octanol–water partition coefficient (Wildman–Crippen LogP) is 4.37. The fraction of sp³-hybridized carbons (Fsp3) is 0.200. The van der Waals surface area contributed by atoms with E-state index in [1.807, 2.05) is 18.4 Å². The molecule has 0 radical (unpaired) electrons. The molecule has 13 heavy (non-hydrogen) atoms. The third-order valence-corrected chi connectivity index (χ3v) is 3.98. The van der Waals surface area contributed by atoms with Crippen molar-refractivity contribution in [3.05, 3.63) is 33.4 Å². The van der Waals surface area contributed by atoms with E-state index in [1.165, 1.54) is 0 Å². The van der Waals surface area contributed by atoms with Crippen LogP contribution in [0.5, 0.6) is 0 Å². The molecule has 0 unspecified atom stereocenters. The number of thiophene rings is 1. The first-order chi connectivity index (χ1) is 6.22. The number of benzene rings is 1. The summed E-state index contributed by atoms with van der Waals surface area (Å²) in [6.07, 6.45) is 0.747. The van der Waals surface area contributed by atoms with Crippen molar-refractivity contribution in [3.63, 3.8) is 0 Å². The highest BCUT2D eigenvalue weighted by Crippen LogP contribution is 2.32. The lowest BCUT2D eigenvalue weighted by Crippen LogP contribution is -1.85. The average Bonchev–Trinajstić information content (AvgIpc) is 2.47. The Morgan fingerprint density at radius 1 is 1.46 bits per heavy atom. The molecule has 0 atom stereocenters. The topological polar surface area (TPSA) is 0 Å². The summed E-state index contributed by atoms with van der Waals surface area (Å²) in [7, 11) is 0. The van der Waals surface area contributed by atoms with E-state index in [1.54, 1.807) is 17.4 Å². The highest BCUT2D eigenvalue weighted by Gasteiger charge is 2.06. The molecular formula is C10H8BrFS. The number of hydrogen-bond acceptors (Lipinski definition) is 1. The first-order valence-corrected chi connectivity index (χ1v) is 5.74. The molecule has 0 spiro atoms. The average molecular weight is 259 g/mol. The van der Waals surface area contributed by atoms with E-state index in [-0.39, 0.29) is 5.82 Å². The van der Waals surface area contributed by atoms with Gasteiger partial charge >= 0.3 is 0 Å². The van der Waals surface area contributed by atoms with Crippen LogP contribution < -0.4 is 0 Å². The quantitative estimate of drug-likeness (QED) is 0.713. The Labute approximate surface area is 88.5 Å². The molecule has 2 rings (SSSR count). The molecule has 0 bridgehead atoms. The molecule has 1 aromatic carbocycles. The maximum Gasteiger partial charge on any atom is 0.127 e. The molecule has 2 aromatic rings. The zero-order valence-corrected chi connectivity index (χ0v) is 9.51. The molecular weight excluding hydrogens is 251 g/mol. The van der Waals surface area contributed by atoms with Crippen LogP contribution in [0, 0.1) is 5.82 Å². The van der Waals surface area contributed by atoms with E-state index in [0.29, 0.717) is 0 Å². The predicted molar refractivity (Wildman–Crippen MR) is 58.9 cm³/mol. The minimum absolute atomic E-state index is 0.103. The van der Waals surface area contributed by atoms with E-state index < -0.39 is 0 Å². The normalized spacial score (nSPS) is 11.0. The van der Waals surface area contributed by atoms with Gasteiger partial charge in [-0.3, -0.25) is 0 Å². The van der Waals surface area contributed by atoms with Crippen molar-refractivity contribution in [2.45, 2.75) is 13.3 Å². The smallest absolute Gasteiger partial charge is 0.127 e. The van der Waals surface area contributed by atoms with Gasteiger partial charge in [-0.05, 0) is 40.0 Å². The first kappa shape index (κ1) is 9.16. The fourth-order valence-electron chi connectivity index (χ4n) is 1.33. The standard InChI is InChI=1S/C10H8BrFS/c1-2-6-3-10-7(4-9(6)12)8(11)5-13-10/h3-5H,2H2,1H3. The van der Waals surface area contributed by atoms with Crippen molar-refractivity contribution >= 4 is 37.4 Å². The lowest BCUT2D eigenvalue weighted by atomic mass is 10.1. The van der Waals surface area contributed by atoms with Crippen LogP contribution in [0.25, 0.3) is 10.1 Å². The largest absolute Gasteiger partial charge is 0.207 e. The Morgan fingerprint density at radius 2 is 2.23 bits per heavy atom. The van der Waals surface area contributed by atoms with Crippen LogP contribution >= 0.6 is 27.3 Å². The van der Waals surface area contributed by atoms with Gasteiger partial charge < -0.3 is 0 Å². The van der Waals surface area contributed by atoms with Gasteiger partial charge in [-0.1, -0.05) is 6.92 Å². The summed E-state index contributed by atoms with van der Waals surface area (Å²) in [5, 5.41) is 2.96. The molecule has 0 nitrogen and oxygen atoms in total. The van der Waals surface area contributed by atoms with Crippen molar-refractivity contribution in [1.82, 2.24) is 0 Å². The lowest BCUT2D eigenvalue weighted by molar-refractivity contribution is 0.614. The van der Waals surface area contributed by atoms with Gasteiger partial charge in [0.15, 0.2) is 0 Å². The number of rotatable bonds is 1. The molecule has 1 aromatic heterocycles. The first-order valence-electron chi connectivity index (χ1n) is 4.07. The summed E-state index contributed by atoms with van der Waals surface area (Å²) >= 11 is 5.03. The van der Waals surface area contributed by atoms with Gasteiger partial charge in [-0.2, -0.15) is 0 Å². The lowest BCUT2D eigenvalue weighted by Gasteiger charge is -1.99. The maximum atomic E-state index is 13.4. The summed E-state index contributed by atoms with van der Waals surface area (Å²) in [5.74, 6) is -0.103. The number of aryl methyl sites for hydroxylation is 1. The molecule has 0 aliphatic rings. The van der Waals surface area contributed by atoms with Crippen molar-refractivity contribution in [1.29, 1.82) is 0 Å². The SMILES string of the molecule is CCc1cc2scc(Br)c2cc1F. The summed E-state index contributed by atoms with van der Waals surface area (Å²) in [6, 6.07) is 3.54. The van der Waals surface area contributed by atoms with E-state index in [2.05, 4.69) is 15.9 Å².